The highest BCUT2D eigenvalue weighted by Crippen LogP contribution is 2.38. The van der Waals surface area contributed by atoms with Gasteiger partial charge in [0.05, 0.1) is 10.6 Å². The Morgan fingerprint density at radius 3 is 2.48 bits per heavy atom. The van der Waals surface area contributed by atoms with Gasteiger partial charge in [-0.25, -0.2) is 9.69 Å². The standard InChI is InChI=1S/C19H14BrNO5S/c1-11(18(23)24)26-13-8-6-12(7-9-13)10-16-17(22)21(19(25)27-16)15-5-3-2-4-14(15)20/h2-11H,1H3,(H,23,24)/b16-10+. The Kier molecular flexibility index (Phi) is 5.67. The van der Waals surface area contributed by atoms with Crippen LogP contribution in [-0.4, -0.2) is 28.3 Å². The third kappa shape index (κ3) is 4.23. The molecule has 1 saturated heterocycles. The number of carbonyl (C=O) groups excluding carboxylic acids is 2. The van der Waals surface area contributed by atoms with E-state index in [2.05, 4.69) is 15.9 Å². The number of carbonyl (C=O) groups is 3. The lowest BCUT2D eigenvalue weighted by Gasteiger charge is -2.13. The summed E-state index contributed by atoms with van der Waals surface area (Å²) in [6, 6.07) is 13.6. The van der Waals surface area contributed by atoms with Crippen molar-refractivity contribution in [2.45, 2.75) is 13.0 Å². The maximum Gasteiger partial charge on any atom is 0.344 e. The molecule has 0 saturated carbocycles. The molecule has 0 radical (unpaired) electrons. The third-order valence-corrected chi connectivity index (χ3v) is 5.27. The number of rotatable bonds is 5. The van der Waals surface area contributed by atoms with E-state index in [1.54, 1.807) is 54.6 Å². The van der Waals surface area contributed by atoms with Gasteiger partial charge < -0.3 is 9.84 Å². The number of para-hydroxylation sites is 1. The van der Waals surface area contributed by atoms with E-state index in [0.717, 1.165) is 16.7 Å². The predicted octanol–water partition coefficient (Wildman–Crippen LogP) is 4.54. The summed E-state index contributed by atoms with van der Waals surface area (Å²) in [5.74, 6) is -1.04. The van der Waals surface area contributed by atoms with Gasteiger partial charge in [0.15, 0.2) is 6.10 Å². The lowest BCUT2D eigenvalue weighted by atomic mass is 10.2. The molecule has 6 nitrogen and oxygen atoms in total. The van der Waals surface area contributed by atoms with Crippen LogP contribution in [0.4, 0.5) is 10.5 Å². The largest absolute Gasteiger partial charge is 0.479 e. The molecule has 1 atom stereocenters. The van der Waals surface area contributed by atoms with Gasteiger partial charge in [-0.1, -0.05) is 24.3 Å². The zero-order chi connectivity index (χ0) is 19.6. The number of nitrogens with zero attached hydrogens (tertiary/aromatic N) is 1. The molecule has 2 aromatic carbocycles. The van der Waals surface area contributed by atoms with Crippen molar-refractivity contribution in [2.24, 2.45) is 0 Å². The highest BCUT2D eigenvalue weighted by atomic mass is 79.9. The zero-order valence-electron chi connectivity index (χ0n) is 14.1. The number of amides is 2. The van der Waals surface area contributed by atoms with Gasteiger partial charge in [-0.15, -0.1) is 0 Å². The Morgan fingerprint density at radius 2 is 1.85 bits per heavy atom. The van der Waals surface area contributed by atoms with E-state index >= 15 is 0 Å². The van der Waals surface area contributed by atoms with Crippen molar-refractivity contribution >= 4 is 56.6 Å². The van der Waals surface area contributed by atoms with Crippen LogP contribution < -0.4 is 9.64 Å². The molecular formula is C19H14BrNO5S. The first kappa shape index (κ1) is 19.2. The van der Waals surface area contributed by atoms with Crippen LogP contribution in [0.15, 0.2) is 57.9 Å². The maximum atomic E-state index is 12.7. The van der Waals surface area contributed by atoms with Crippen molar-refractivity contribution in [1.82, 2.24) is 0 Å². The molecule has 0 aliphatic carbocycles. The molecule has 0 aromatic heterocycles. The van der Waals surface area contributed by atoms with Crippen LogP contribution in [0.25, 0.3) is 6.08 Å². The van der Waals surface area contributed by atoms with Gasteiger partial charge in [0.2, 0.25) is 0 Å². The van der Waals surface area contributed by atoms with E-state index in [0.29, 0.717) is 26.4 Å². The molecule has 1 fully saturated rings. The Labute approximate surface area is 167 Å². The molecule has 1 aliphatic rings. The molecule has 1 unspecified atom stereocenters. The molecule has 2 amide bonds. The number of imide groups is 1. The fourth-order valence-electron chi connectivity index (χ4n) is 2.36. The topological polar surface area (TPSA) is 83.9 Å². The predicted molar refractivity (Wildman–Crippen MR) is 107 cm³/mol. The molecule has 8 heteroatoms. The Balaban J connectivity index is 1.80. The minimum absolute atomic E-state index is 0.309. The van der Waals surface area contributed by atoms with E-state index in [1.807, 2.05) is 0 Å². The minimum Gasteiger partial charge on any atom is -0.479 e. The summed E-state index contributed by atoms with van der Waals surface area (Å²) >= 11 is 4.22. The van der Waals surface area contributed by atoms with Crippen molar-refractivity contribution in [3.8, 4) is 5.75 Å². The van der Waals surface area contributed by atoms with Crippen LogP contribution in [0.1, 0.15) is 12.5 Å². The Hall–Kier alpha value is -2.58. The molecule has 1 heterocycles. The molecule has 27 heavy (non-hydrogen) atoms. The molecule has 1 N–H and O–H groups in total. The fourth-order valence-corrected chi connectivity index (χ4v) is 3.65. The van der Waals surface area contributed by atoms with Crippen molar-refractivity contribution in [1.29, 1.82) is 0 Å². The smallest absolute Gasteiger partial charge is 0.344 e. The second-order valence-electron chi connectivity index (χ2n) is 5.64. The number of thioether (sulfide) groups is 1. The van der Waals surface area contributed by atoms with Crippen LogP contribution in [0.5, 0.6) is 5.75 Å². The Morgan fingerprint density at radius 1 is 1.19 bits per heavy atom. The molecule has 0 spiro atoms. The number of carboxylic acids is 1. The number of carboxylic acid groups (broad SMARTS) is 1. The van der Waals surface area contributed by atoms with E-state index in [4.69, 9.17) is 9.84 Å². The lowest BCUT2D eigenvalue weighted by Crippen LogP contribution is -2.27. The molecular weight excluding hydrogens is 434 g/mol. The first-order chi connectivity index (χ1) is 12.9. The number of anilines is 1. The van der Waals surface area contributed by atoms with Crippen molar-refractivity contribution in [2.75, 3.05) is 4.90 Å². The summed E-state index contributed by atoms with van der Waals surface area (Å²) in [6.45, 7) is 1.44. The summed E-state index contributed by atoms with van der Waals surface area (Å²) in [7, 11) is 0. The van der Waals surface area contributed by atoms with Crippen LogP contribution in [0.3, 0.4) is 0 Å². The van der Waals surface area contributed by atoms with E-state index in [-0.39, 0.29) is 5.24 Å². The summed E-state index contributed by atoms with van der Waals surface area (Å²) in [4.78, 5) is 37.2. The van der Waals surface area contributed by atoms with Gasteiger partial charge in [0, 0.05) is 4.47 Å². The first-order valence-corrected chi connectivity index (χ1v) is 9.50. The van der Waals surface area contributed by atoms with Crippen molar-refractivity contribution in [3.63, 3.8) is 0 Å². The van der Waals surface area contributed by atoms with Gasteiger partial charge >= 0.3 is 5.97 Å². The average Bonchev–Trinajstić information content (AvgIpc) is 2.90. The number of benzene rings is 2. The first-order valence-electron chi connectivity index (χ1n) is 7.89. The van der Waals surface area contributed by atoms with E-state index in [9.17, 15) is 14.4 Å². The number of aliphatic carboxylic acids is 1. The van der Waals surface area contributed by atoms with Gasteiger partial charge in [0.1, 0.15) is 5.75 Å². The van der Waals surface area contributed by atoms with Crippen LogP contribution in [-0.2, 0) is 9.59 Å². The average molecular weight is 448 g/mol. The van der Waals surface area contributed by atoms with Crippen LogP contribution in [0.2, 0.25) is 0 Å². The van der Waals surface area contributed by atoms with E-state index in [1.165, 1.54) is 6.92 Å². The van der Waals surface area contributed by atoms with Crippen LogP contribution in [0, 0.1) is 0 Å². The lowest BCUT2D eigenvalue weighted by molar-refractivity contribution is -0.144. The van der Waals surface area contributed by atoms with Gasteiger partial charge in [-0.2, -0.15) is 0 Å². The fraction of sp³-hybridized carbons (Fsp3) is 0.105. The second-order valence-corrected chi connectivity index (χ2v) is 7.48. The molecule has 138 valence electrons. The SMILES string of the molecule is CC(Oc1ccc(/C=C2/SC(=O)N(c3ccccc3Br)C2=O)cc1)C(=O)O. The number of hydrogen-bond donors (Lipinski definition) is 1. The highest BCUT2D eigenvalue weighted by Gasteiger charge is 2.37. The second kappa shape index (κ2) is 7.98. The number of halogens is 1. The van der Waals surface area contributed by atoms with Crippen molar-refractivity contribution < 1.29 is 24.2 Å². The number of hydrogen-bond acceptors (Lipinski definition) is 5. The molecule has 2 aromatic rings. The zero-order valence-corrected chi connectivity index (χ0v) is 16.5. The summed E-state index contributed by atoms with van der Waals surface area (Å²) < 4.78 is 5.92. The van der Waals surface area contributed by atoms with E-state index < -0.39 is 18.0 Å². The summed E-state index contributed by atoms with van der Waals surface area (Å²) in [5.41, 5.74) is 1.19. The summed E-state index contributed by atoms with van der Waals surface area (Å²) in [6.07, 6.45) is 0.656. The van der Waals surface area contributed by atoms with Crippen LogP contribution >= 0.6 is 27.7 Å². The molecule has 3 rings (SSSR count). The van der Waals surface area contributed by atoms with Gasteiger partial charge in [0.25, 0.3) is 11.1 Å². The monoisotopic (exact) mass is 447 g/mol. The van der Waals surface area contributed by atoms with Gasteiger partial charge in [-0.05, 0) is 70.5 Å². The maximum absolute atomic E-state index is 12.7. The Bertz CT molecular complexity index is 941. The van der Waals surface area contributed by atoms with Crippen molar-refractivity contribution in [3.05, 3.63) is 63.5 Å². The third-order valence-electron chi connectivity index (χ3n) is 3.73. The number of ether oxygens (including phenoxy) is 1. The molecule has 0 bridgehead atoms. The van der Waals surface area contributed by atoms with Gasteiger partial charge in [-0.3, -0.25) is 9.59 Å². The summed E-state index contributed by atoms with van der Waals surface area (Å²) in [5, 5.41) is 8.50. The quantitative estimate of drug-likeness (QED) is 0.677. The highest BCUT2D eigenvalue weighted by molar-refractivity contribution is 9.10. The normalized spacial score (nSPS) is 16.7. The minimum atomic E-state index is -1.06. The molecule has 1 aliphatic heterocycles.